The molecule has 14 heteroatoms. The molecule has 47 heavy (non-hydrogen) atoms. The lowest BCUT2D eigenvalue weighted by molar-refractivity contribution is -0.165. The number of aromatic nitrogens is 3. The average molecular weight is 650 g/mol. The number of nitrogens with zero attached hydrogens (tertiary/aromatic N) is 6. The average Bonchev–Trinajstić information content (AvgIpc) is 3.05. The molecule has 0 bridgehead atoms. The first kappa shape index (κ1) is 32.5. The fraction of sp³-hybridized carbons (Fsp3) is 0.485. The van der Waals surface area contributed by atoms with Crippen molar-refractivity contribution < 1.29 is 32.9 Å². The monoisotopic (exact) mass is 649 g/mol. The Hall–Kier alpha value is -4.45. The Balaban J connectivity index is 1.12. The van der Waals surface area contributed by atoms with Crippen LogP contribution >= 0.6 is 0 Å². The van der Waals surface area contributed by atoms with Gasteiger partial charge in [-0.3, -0.25) is 9.69 Å². The van der Waals surface area contributed by atoms with E-state index in [1.54, 1.807) is 25.4 Å². The van der Waals surface area contributed by atoms with Crippen molar-refractivity contribution in [2.75, 3.05) is 51.8 Å². The number of piperidine rings is 2. The van der Waals surface area contributed by atoms with Gasteiger partial charge in [0, 0.05) is 30.3 Å². The quantitative estimate of drug-likeness (QED) is 0.350. The van der Waals surface area contributed by atoms with Crippen molar-refractivity contribution in [2.24, 2.45) is 0 Å². The minimum Gasteiger partial charge on any atom is -0.483 e. The van der Waals surface area contributed by atoms with Crippen LogP contribution in [0, 0.1) is 11.3 Å². The Morgan fingerprint density at radius 1 is 1.15 bits per heavy atom. The molecule has 0 saturated carbocycles. The molecule has 6 rings (SSSR count). The van der Waals surface area contributed by atoms with Crippen molar-refractivity contribution in [3.05, 3.63) is 53.7 Å². The van der Waals surface area contributed by atoms with Crippen molar-refractivity contribution in [1.29, 1.82) is 5.26 Å². The number of carbonyl (C=O) groups excluding carboxylic acids is 1. The van der Waals surface area contributed by atoms with Crippen LogP contribution in [0.4, 0.5) is 20.5 Å². The van der Waals surface area contributed by atoms with Gasteiger partial charge in [0.05, 0.1) is 44.2 Å². The van der Waals surface area contributed by atoms with Gasteiger partial charge in [0.25, 0.3) is 5.91 Å². The third-order valence-electron chi connectivity index (χ3n) is 8.95. The molecule has 0 radical (unpaired) electrons. The van der Waals surface area contributed by atoms with E-state index in [0.717, 1.165) is 49.6 Å². The number of ether oxygens (including phenoxy) is 3. The molecule has 1 unspecified atom stereocenters. The molecule has 248 valence electrons. The highest BCUT2D eigenvalue weighted by molar-refractivity contribution is 5.80. The van der Waals surface area contributed by atoms with Gasteiger partial charge in [-0.15, -0.1) is 0 Å². The van der Waals surface area contributed by atoms with E-state index in [4.69, 9.17) is 14.2 Å². The minimum atomic E-state index is -3.38. The number of likely N-dealkylation sites (tertiary alicyclic amines) is 2. The molecule has 0 spiro atoms. The summed E-state index contributed by atoms with van der Waals surface area (Å²) in [5.41, 5.74) is 2.18. The van der Waals surface area contributed by atoms with E-state index in [2.05, 4.69) is 25.2 Å². The van der Waals surface area contributed by atoms with Crippen molar-refractivity contribution in [3.8, 4) is 29.0 Å². The van der Waals surface area contributed by atoms with Crippen molar-refractivity contribution in [2.45, 2.75) is 56.3 Å². The van der Waals surface area contributed by atoms with Gasteiger partial charge in [0.15, 0.2) is 6.10 Å². The van der Waals surface area contributed by atoms with Gasteiger partial charge in [-0.25, -0.2) is 18.7 Å². The summed E-state index contributed by atoms with van der Waals surface area (Å²) < 4.78 is 46.5. The predicted octanol–water partition coefficient (Wildman–Crippen LogP) is 3.74. The number of carbonyl (C=O) groups is 1. The Labute approximate surface area is 271 Å². The van der Waals surface area contributed by atoms with Crippen molar-refractivity contribution in [3.63, 3.8) is 0 Å². The minimum absolute atomic E-state index is 0.0000222. The molecule has 3 saturated heterocycles. The number of nitrogens with one attached hydrogen (secondary N) is 1. The molecule has 2 atom stereocenters. The zero-order valence-corrected chi connectivity index (χ0v) is 26.2. The van der Waals surface area contributed by atoms with Crippen molar-refractivity contribution in [1.82, 2.24) is 24.8 Å². The number of nitriles is 1. The van der Waals surface area contributed by atoms with Gasteiger partial charge in [0.1, 0.15) is 23.7 Å². The first-order valence-corrected chi connectivity index (χ1v) is 15.7. The van der Waals surface area contributed by atoms with Crippen molar-refractivity contribution >= 4 is 17.7 Å². The van der Waals surface area contributed by atoms with E-state index in [1.165, 1.54) is 19.1 Å². The van der Waals surface area contributed by atoms with E-state index in [1.807, 2.05) is 18.2 Å². The van der Waals surface area contributed by atoms with Crippen LogP contribution in [-0.2, 0) is 9.53 Å². The number of pyridine rings is 1. The maximum atomic E-state index is 14.9. The Kier molecular flexibility index (Phi) is 9.49. The number of methoxy groups -OCH3 is 1. The molecule has 5 heterocycles. The Morgan fingerprint density at radius 3 is 2.60 bits per heavy atom. The third-order valence-corrected chi connectivity index (χ3v) is 8.95. The number of aliphatic hydroxyl groups is 1. The van der Waals surface area contributed by atoms with E-state index in [-0.39, 0.29) is 30.2 Å². The maximum absolute atomic E-state index is 14.9. The molecule has 1 amide bonds. The Morgan fingerprint density at radius 2 is 1.94 bits per heavy atom. The lowest BCUT2D eigenvalue weighted by atomic mass is 9.89. The summed E-state index contributed by atoms with van der Waals surface area (Å²) in [6.07, 6.45) is 0.537. The van der Waals surface area contributed by atoms with Gasteiger partial charge >= 0.3 is 5.92 Å². The number of benzene rings is 1. The molecule has 2 N–H and O–H groups in total. The molecule has 0 aliphatic carbocycles. The second-order valence-electron chi connectivity index (χ2n) is 12.1. The fourth-order valence-electron chi connectivity index (χ4n) is 6.25. The molecule has 3 aliphatic rings. The lowest BCUT2D eigenvalue weighted by Gasteiger charge is -2.41. The molecule has 12 nitrogen and oxygen atoms in total. The summed E-state index contributed by atoms with van der Waals surface area (Å²) in [4.78, 5) is 29.0. The van der Waals surface area contributed by atoms with Gasteiger partial charge in [0.2, 0.25) is 11.8 Å². The number of hydrogen-bond acceptors (Lipinski definition) is 11. The SMILES string of the molecule is COc1nc(Nc2nccc(-c3ccc(OC4CCN(C(=O)[C@@H](C)O)CC4(F)F)c(C#N)c3)n2)ccc1C1CCN(C2COC2)CC1. The first-order chi connectivity index (χ1) is 22.6. The van der Waals surface area contributed by atoms with Crippen LogP contribution < -0.4 is 14.8 Å². The lowest BCUT2D eigenvalue weighted by Crippen LogP contribution is -2.56. The topological polar surface area (TPSA) is 146 Å². The van der Waals surface area contributed by atoms with Gasteiger partial charge in [-0.2, -0.15) is 10.2 Å². The fourth-order valence-corrected chi connectivity index (χ4v) is 6.25. The Bertz CT molecular complexity index is 1640. The molecular formula is C33H37F2N7O5. The van der Waals surface area contributed by atoms with Crippen LogP contribution in [0.5, 0.6) is 11.6 Å². The van der Waals surface area contributed by atoms with Crippen LogP contribution in [0.15, 0.2) is 42.6 Å². The van der Waals surface area contributed by atoms with Crippen LogP contribution in [0.25, 0.3) is 11.3 Å². The largest absolute Gasteiger partial charge is 0.483 e. The summed E-state index contributed by atoms with van der Waals surface area (Å²) in [5.74, 6) is -2.45. The highest BCUT2D eigenvalue weighted by atomic mass is 19.3. The molecule has 1 aromatic carbocycles. The highest BCUT2D eigenvalue weighted by Crippen LogP contribution is 2.36. The predicted molar refractivity (Wildman–Crippen MR) is 167 cm³/mol. The zero-order valence-electron chi connectivity index (χ0n) is 26.2. The van der Waals surface area contributed by atoms with Gasteiger partial charge in [-0.1, -0.05) is 0 Å². The highest BCUT2D eigenvalue weighted by Gasteiger charge is 2.48. The van der Waals surface area contributed by atoms with E-state index < -0.39 is 30.6 Å². The van der Waals surface area contributed by atoms with Crippen LogP contribution in [0.1, 0.15) is 43.2 Å². The number of anilines is 2. The number of hydrogen-bond donors (Lipinski definition) is 2. The summed E-state index contributed by atoms with van der Waals surface area (Å²) in [6.45, 7) is 4.03. The maximum Gasteiger partial charge on any atom is 0.301 e. The number of rotatable bonds is 9. The molecule has 3 aliphatic heterocycles. The summed E-state index contributed by atoms with van der Waals surface area (Å²) >= 11 is 0. The molecule has 3 aromatic rings. The van der Waals surface area contributed by atoms with Gasteiger partial charge in [-0.05, 0) is 75.2 Å². The van der Waals surface area contributed by atoms with Gasteiger partial charge < -0.3 is 29.5 Å². The summed E-state index contributed by atoms with van der Waals surface area (Å²) in [6, 6.07) is 12.7. The number of halogens is 2. The van der Waals surface area contributed by atoms with Crippen LogP contribution in [0.3, 0.4) is 0 Å². The summed E-state index contributed by atoms with van der Waals surface area (Å²) in [7, 11) is 1.61. The summed E-state index contributed by atoms with van der Waals surface area (Å²) in [5, 5.41) is 22.4. The standard InChI is InChI=1S/C33H37F2N7O5/c1-20(43)31(44)42-14-10-28(33(34,35)19-42)47-27-5-3-22(15-23(27)16-36)26-7-11-37-32(38-26)40-29-6-4-25(30(39-29)45-2)21-8-12-41(13-9-21)24-17-46-18-24/h3-7,11,15,20-21,24,28,43H,8-10,12-14,17-19H2,1-2H3,(H,37,38,39,40)/t20-,28?/m1/s1. The van der Waals surface area contributed by atoms with E-state index >= 15 is 0 Å². The second-order valence-corrected chi connectivity index (χ2v) is 12.1. The normalized spacial score (nSPS) is 20.9. The molecule has 2 aromatic heterocycles. The van der Waals surface area contributed by atoms with Crippen LogP contribution in [0.2, 0.25) is 0 Å². The molecule has 3 fully saturated rings. The van der Waals surface area contributed by atoms with Crippen LogP contribution in [-0.4, -0.2) is 106 Å². The first-order valence-electron chi connectivity index (χ1n) is 15.7. The third kappa shape index (κ3) is 7.12. The number of amides is 1. The smallest absolute Gasteiger partial charge is 0.301 e. The zero-order chi connectivity index (χ0) is 33.1. The van der Waals surface area contributed by atoms with E-state index in [9.17, 15) is 23.9 Å². The number of alkyl halides is 2. The van der Waals surface area contributed by atoms with E-state index in [0.29, 0.717) is 34.9 Å². The molecular weight excluding hydrogens is 612 g/mol. The number of aliphatic hydroxyl groups excluding tert-OH is 1. The second kappa shape index (κ2) is 13.7.